The minimum Gasteiger partial charge on any atom is -0.508 e. The van der Waals surface area contributed by atoms with Crippen LogP contribution in [0.5, 0.6) is 5.75 Å². The van der Waals surface area contributed by atoms with Crippen molar-refractivity contribution in [3.8, 4) is 11.4 Å². The number of benzene rings is 1. The number of nitrogens with one attached hydrogen (secondary N) is 1. The molecule has 2 N–H and O–H groups in total. The van der Waals surface area contributed by atoms with E-state index >= 15 is 0 Å². The zero-order valence-corrected chi connectivity index (χ0v) is 19.3. The molecule has 1 aliphatic rings. The Morgan fingerprint density at radius 3 is 2.45 bits per heavy atom. The molecule has 0 bridgehead atoms. The van der Waals surface area contributed by atoms with Crippen LogP contribution in [0, 0.1) is 13.8 Å². The molecule has 0 radical (unpaired) electrons. The average molecular weight is 456 g/mol. The van der Waals surface area contributed by atoms with Crippen LogP contribution < -0.4 is 5.32 Å². The predicted molar refractivity (Wildman–Crippen MR) is 132 cm³/mol. The number of hydrogen-bond donors (Lipinski definition) is 2. The van der Waals surface area contributed by atoms with Crippen LogP contribution in [-0.4, -0.2) is 29.7 Å². The van der Waals surface area contributed by atoms with Gasteiger partial charge in [0.1, 0.15) is 5.75 Å². The van der Waals surface area contributed by atoms with Gasteiger partial charge in [-0.2, -0.15) is 0 Å². The van der Waals surface area contributed by atoms with Crippen LogP contribution in [0.15, 0.2) is 79.3 Å². The number of phenols is 1. The first-order valence-electron chi connectivity index (χ1n) is 10.9. The van der Waals surface area contributed by atoms with E-state index in [-0.39, 0.29) is 17.8 Å². The summed E-state index contributed by atoms with van der Waals surface area (Å²) >= 11 is 5.82. The molecule has 2 atom stereocenters. The second-order valence-corrected chi connectivity index (χ2v) is 8.67. The molecular formula is C26H25N5OS. The lowest BCUT2D eigenvalue weighted by molar-refractivity contribution is 0.310. The monoisotopic (exact) mass is 455 g/mol. The van der Waals surface area contributed by atoms with Gasteiger partial charge in [0.05, 0.1) is 17.8 Å². The smallest absolute Gasteiger partial charge is 0.170 e. The van der Waals surface area contributed by atoms with E-state index < -0.39 is 0 Å². The lowest BCUT2D eigenvalue weighted by Crippen LogP contribution is -2.29. The van der Waals surface area contributed by atoms with E-state index in [4.69, 9.17) is 12.2 Å². The van der Waals surface area contributed by atoms with Gasteiger partial charge in [-0.25, -0.2) is 0 Å². The molecule has 0 spiro atoms. The summed E-state index contributed by atoms with van der Waals surface area (Å²) in [6, 6.07) is 19.4. The third-order valence-corrected chi connectivity index (χ3v) is 6.55. The fourth-order valence-electron chi connectivity index (χ4n) is 4.69. The third-order valence-electron chi connectivity index (χ3n) is 6.20. The first kappa shape index (κ1) is 21.2. The maximum atomic E-state index is 9.73. The molecule has 33 heavy (non-hydrogen) atoms. The third kappa shape index (κ3) is 3.96. The van der Waals surface area contributed by atoms with Gasteiger partial charge in [0.15, 0.2) is 5.11 Å². The second kappa shape index (κ2) is 8.67. The summed E-state index contributed by atoms with van der Waals surface area (Å²) in [6.45, 7) is 4.91. The van der Waals surface area contributed by atoms with E-state index in [1.54, 1.807) is 12.1 Å². The lowest BCUT2D eigenvalue weighted by atomic mass is 9.96. The van der Waals surface area contributed by atoms with Gasteiger partial charge in [-0.15, -0.1) is 0 Å². The number of nitrogens with zero attached hydrogens (tertiary/aromatic N) is 4. The SMILES string of the molecule is Cc1cc([C@H]2[C@@H](c3ccccn3)NC(=S)N2Cc2ccncc2)c(C)n1-c1ccc(O)cc1. The quantitative estimate of drug-likeness (QED) is 0.423. The van der Waals surface area contributed by atoms with Crippen LogP contribution in [0.1, 0.15) is 40.3 Å². The summed E-state index contributed by atoms with van der Waals surface area (Å²) in [5.74, 6) is 0.255. The fraction of sp³-hybridized carbons (Fsp3) is 0.192. The number of phenolic OH excluding ortho intramolecular Hbond substituents is 1. The summed E-state index contributed by atoms with van der Waals surface area (Å²) in [6.07, 6.45) is 5.44. The standard InChI is InChI=1S/C26H25N5OS/c1-17-15-22(18(2)31(17)20-6-8-21(32)9-7-20)25-24(23-5-3-4-12-28-23)29-26(33)30(25)16-19-10-13-27-14-11-19/h3-15,24-25,32H,16H2,1-2H3,(H,29,33)/t24-,25+/m1/s1. The van der Waals surface area contributed by atoms with Crippen molar-refractivity contribution in [1.29, 1.82) is 0 Å². The van der Waals surface area contributed by atoms with Crippen LogP contribution in [0.4, 0.5) is 0 Å². The van der Waals surface area contributed by atoms with Crippen molar-refractivity contribution >= 4 is 17.3 Å². The Balaban J connectivity index is 1.61. The fourth-order valence-corrected chi connectivity index (χ4v) is 4.99. The molecule has 1 aromatic carbocycles. The Kier molecular flexibility index (Phi) is 5.56. The number of aromatic nitrogens is 3. The molecule has 0 amide bonds. The number of hydrogen-bond acceptors (Lipinski definition) is 4. The van der Waals surface area contributed by atoms with Crippen LogP contribution in [0.25, 0.3) is 5.69 Å². The van der Waals surface area contributed by atoms with E-state index in [1.807, 2.05) is 61.1 Å². The Labute approximate surface area is 198 Å². The van der Waals surface area contributed by atoms with Crippen LogP contribution >= 0.6 is 12.2 Å². The van der Waals surface area contributed by atoms with E-state index in [1.165, 1.54) is 5.56 Å². The molecule has 3 aromatic heterocycles. The zero-order valence-electron chi connectivity index (χ0n) is 18.5. The molecule has 1 fully saturated rings. The Hall–Kier alpha value is -3.71. The van der Waals surface area contributed by atoms with Gasteiger partial charge in [0.25, 0.3) is 0 Å². The second-order valence-electron chi connectivity index (χ2n) is 8.29. The minimum absolute atomic E-state index is 0.0300. The van der Waals surface area contributed by atoms with Crippen molar-refractivity contribution in [2.75, 3.05) is 0 Å². The van der Waals surface area contributed by atoms with Crippen molar-refractivity contribution in [1.82, 2.24) is 24.8 Å². The molecule has 0 unspecified atom stereocenters. The van der Waals surface area contributed by atoms with Gasteiger partial charge in [-0.3, -0.25) is 9.97 Å². The maximum absolute atomic E-state index is 9.73. The van der Waals surface area contributed by atoms with Crippen LogP contribution in [-0.2, 0) is 6.54 Å². The Bertz CT molecular complexity index is 1270. The molecule has 5 rings (SSSR count). The van der Waals surface area contributed by atoms with E-state index in [0.29, 0.717) is 11.7 Å². The zero-order chi connectivity index (χ0) is 22.9. The molecule has 166 valence electrons. The predicted octanol–water partition coefficient (Wildman–Crippen LogP) is 4.76. The summed E-state index contributed by atoms with van der Waals surface area (Å²) in [4.78, 5) is 11.0. The molecule has 1 saturated heterocycles. The van der Waals surface area contributed by atoms with Gasteiger partial charge in [0.2, 0.25) is 0 Å². The average Bonchev–Trinajstić information content (AvgIpc) is 3.31. The van der Waals surface area contributed by atoms with E-state index in [2.05, 4.69) is 44.7 Å². The number of pyridine rings is 2. The molecular weight excluding hydrogens is 430 g/mol. The Morgan fingerprint density at radius 2 is 1.76 bits per heavy atom. The lowest BCUT2D eigenvalue weighted by Gasteiger charge is -2.28. The number of thiocarbonyl (C=S) groups is 1. The summed E-state index contributed by atoms with van der Waals surface area (Å²) in [5.41, 5.74) is 6.56. The molecule has 6 nitrogen and oxygen atoms in total. The molecule has 4 heterocycles. The van der Waals surface area contributed by atoms with Crippen molar-refractivity contribution in [3.63, 3.8) is 0 Å². The highest BCUT2D eigenvalue weighted by Gasteiger charge is 2.41. The van der Waals surface area contributed by atoms with Gasteiger partial charge < -0.3 is 19.9 Å². The van der Waals surface area contributed by atoms with Crippen LogP contribution in [0.3, 0.4) is 0 Å². The molecule has 1 aliphatic heterocycles. The highest BCUT2D eigenvalue weighted by molar-refractivity contribution is 7.80. The first-order valence-corrected chi connectivity index (χ1v) is 11.3. The molecule has 0 saturated carbocycles. The van der Waals surface area contributed by atoms with E-state index in [0.717, 1.165) is 28.3 Å². The van der Waals surface area contributed by atoms with Gasteiger partial charge in [0, 0.05) is 42.2 Å². The molecule has 7 heteroatoms. The van der Waals surface area contributed by atoms with Gasteiger partial charge >= 0.3 is 0 Å². The van der Waals surface area contributed by atoms with Crippen molar-refractivity contribution in [2.45, 2.75) is 32.5 Å². The van der Waals surface area contributed by atoms with E-state index in [9.17, 15) is 5.11 Å². The number of rotatable bonds is 5. The topological polar surface area (TPSA) is 66.2 Å². The van der Waals surface area contributed by atoms with Gasteiger partial charge in [-0.05, 0) is 91.8 Å². The highest BCUT2D eigenvalue weighted by atomic mass is 32.1. The number of aryl methyl sites for hydroxylation is 1. The summed E-state index contributed by atoms with van der Waals surface area (Å²) in [5, 5.41) is 14.0. The van der Waals surface area contributed by atoms with Crippen molar-refractivity contribution in [3.05, 3.63) is 107 Å². The van der Waals surface area contributed by atoms with Crippen molar-refractivity contribution < 1.29 is 5.11 Å². The molecule has 0 aliphatic carbocycles. The normalized spacial score (nSPS) is 17.9. The number of aromatic hydroxyl groups is 1. The maximum Gasteiger partial charge on any atom is 0.170 e. The first-order chi connectivity index (χ1) is 16.0. The van der Waals surface area contributed by atoms with Crippen molar-refractivity contribution in [2.24, 2.45) is 0 Å². The molecule has 4 aromatic rings. The Morgan fingerprint density at radius 1 is 1.00 bits per heavy atom. The van der Waals surface area contributed by atoms with Crippen LogP contribution in [0.2, 0.25) is 0 Å². The van der Waals surface area contributed by atoms with Gasteiger partial charge in [-0.1, -0.05) is 6.07 Å². The summed E-state index contributed by atoms with van der Waals surface area (Å²) < 4.78 is 2.22. The summed E-state index contributed by atoms with van der Waals surface area (Å²) in [7, 11) is 0. The largest absolute Gasteiger partial charge is 0.508 e. The highest BCUT2D eigenvalue weighted by Crippen LogP contribution is 2.42. The minimum atomic E-state index is -0.0747.